The number of nitrogens with one attached hydrogen (secondary N) is 1. The van der Waals surface area contributed by atoms with E-state index >= 15 is 0 Å². The van der Waals surface area contributed by atoms with Gasteiger partial charge < -0.3 is 10.3 Å². The molecule has 0 fully saturated rings. The van der Waals surface area contributed by atoms with Crippen molar-refractivity contribution in [1.29, 1.82) is 0 Å². The zero-order chi connectivity index (χ0) is 9.84. The highest BCUT2D eigenvalue weighted by atomic mass is 79.9. The Bertz CT molecular complexity index is 291. The lowest BCUT2D eigenvalue weighted by Gasteiger charge is -2.13. The summed E-state index contributed by atoms with van der Waals surface area (Å²) in [5.74, 6) is -0.370. The van der Waals surface area contributed by atoms with E-state index in [1.165, 1.54) is 18.2 Å². The second kappa shape index (κ2) is 4.66. The molecule has 0 bridgehead atoms. The molecule has 0 aliphatic rings. The highest BCUT2D eigenvalue weighted by Gasteiger charge is 2.12. The van der Waals surface area contributed by atoms with Gasteiger partial charge in [0, 0.05) is 4.47 Å². The van der Waals surface area contributed by atoms with Crippen LogP contribution in [0.3, 0.4) is 0 Å². The summed E-state index contributed by atoms with van der Waals surface area (Å²) < 4.78 is 13.2. The molecule has 0 saturated heterocycles. The van der Waals surface area contributed by atoms with Crippen molar-refractivity contribution in [2.45, 2.75) is 6.04 Å². The SMILES string of the molecule is OC[C@H](NO)c1ccc(F)cc1Br. The lowest BCUT2D eigenvalue weighted by atomic mass is 10.1. The first-order valence-electron chi connectivity index (χ1n) is 3.64. The van der Waals surface area contributed by atoms with Gasteiger partial charge in [0.25, 0.3) is 0 Å². The molecule has 1 rings (SSSR count). The molecule has 0 saturated carbocycles. The van der Waals surface area contributed by atoms with Crippen LogP contribution in [0.1, 0.15) is 11.6 Å². The van der Waals surface area contributed by atoms with Gasteiger partial charge in [-0.05, 0) is 17.7 Å². The first-order valence-corrected chi connectivity index (χ1v) is 4.43. The summed E-state index contributed by atoms with van der Waals surface area (Å²) in [6.07, 6.45) is 0. The molecule has 1 aromatic carbocycles. The van der Waals surface area contributed by atoms with Crippen molar-refractivity contribution in [2.75, 3.05) is 6.61 Å². The minimum atomic E-state index is -0.602. The van der Waals surface area contributed by atoms with Gasteiger partial charge in [-0.25, -0.2) is 4.39 Å². The molecule has 0 aliphatic heterocycles. The van der Waals surface area contributed by atoms with Crippen LogP contribution in [0.25, 0.3) is 0 Å². The van der Waals surface area contributed by atoms with Crippen LogP contribution >= 0.6 is 15.9 Å². The molecular formula is C8H9BrFNO2. The third kappa shape index (κ3) is 2.47. The monoisotopic (exact) mass is 249 g/mol. The van der Waals surface area contributed by atoms with Crippen LogP contribution in [0, 0.1) is 5.82 Å². The maximum Gasteiger partial charge on any atom is 0.124 e. The fourth-order valence-corrected chi connectivity index (χ4v) is 1.62. The minimum Gasteiger partial charge on any atom is -0.394 e. The highest BCUT2D eigenvalue weighted by molar-refractivity contribution is 9.10. The van der Waals surface area contributed by atoms with Crippen molar-refractivity contribution in [3.05, 3.63) is 34.1 Å². The highest BCUT2D eigenvalue weighted by Crippen LogP contribution is 2.23. The molecule has 13 heavy (non-hydrogen) atoms. The molecule has 0 radical (unpaired) electrons. The van der Waals surface area contributed by atoms with Crippen molar-refractivity contribution in [3.8, 4) is 0 Å². The predicted molar refractivity (Wildman–Crippen MR) is 48.8 cm³/mol. The van der Waals surface area contributed by atoms with E-state index in [2.05, 4.69) is 15.9 Å². The van der Waals surface area contributed by atoms with Crippen molar-refractivity contribution in [2.24, 2.45) is 0 Å². The Morgan fingerprint density at radius 2 is 2.23 bits per heavy atom. The van der Waals surface area contributed by atoms with Crippen LogP contribution in [0.4, 0.5) is 4.39 Å². The lowest BCUT2D eigenvalue weighted by Crippen LogP contribution is -2.21. The van der Waals surface area contributed by atoms with Crippen LogP contribution in [0.15, 0.2) is 22.7 Å². The lowest BCUT2D eigenvalue weighted by molar-refractivity contribution is 0.0902. The van der Waals surface area contributed by atoms with E-state index in [1.54, 1.807) is 0 Å². The molecule has 0 aromatic heterocycles. The van der Waals surface area contributed by atoms with Gasteiger partial charge in [0.05, 0.1) is 12.6 Å². The number of rotatable bonds is 3. The van der Waals surface area contributed by atoms with E-state index in [1.807, 2.05) is 5.48 Å². The van der Waals surface area contributed by atoms with Crippen LogP contribution in [-0.4, -0.2) is 16.9 Å². The average Bonchev–Trinajstić information content (AvgIpc) is 2.10. The zero-order valence-corrected chi connectivity index (χ0v) is 8.25. The first-order chi connectivity index (χ1) is 6.19. The molecule has 72 valence electrons. The molecular weight excluding hydrogens is 241 g/mol. The number of aliphatic hydroxyl groups is 1. The van der Waals surface area contributed by atoms with Crippen LogP contribution in [0.5, 0.6) is 0 Å². The van der Waals surface area contributed by atoms with Crippen molar-refractivity contribution < 1.29 is 14.7 Å². The molecule has 0 unspecified atom stereocenters. The first kappa shape index (κ1) is 10.6. The quantitative estimate of drug-likeness (QED) is 0.714. The fraction of sp³-hybridized carbons (Fsp3) is 0.250. The van der Waals surface area contributed by atoms with Gasteiger partial charge >= 0.3 is 0 Å². The number of benzene rings is 1. The minimum absolute atomic E-state index is 0.263. The third-order valence-corrected chi connectivity index (χ3v) is 2.36. The van der Waals surface area contributed by atoms with Gasteiger partial charge in [0.15, 0.2) is 0 Å². The fourth-order valence-electron chi connectivity index (χ4n) is 0.993. The van der Waals surface area contributed by atoms with Crippen molar-refractivity contribution in [3.63, 3.8) is 0 Å². The summed E-state index contributed by atoms with van der Waals surface area (Å²) in [6.45, 7) is -0.263. The summed E-state index contributed by atoms with van der Waals surface area (Å²) in [7, 11) is 0. The van der Waals surface area contributed by atoms with Gasteiger partial charge in [0.1, 0.15) is 5.82 Å². The van der Waals surface area contributed by atoms with Crippen molar-refractivity contribution >= 4 is 15.9 Å². The van der Waals surface area contributed by atoms with Gasteiger partial charge in [-0.2, -0.15) is 5.48 Å². The zero-order valence-electron chi connectivity index (χ0n) is 6.67. The van der Waals surface area contributed by atoms with Crippen LogP contribution in [-0.2, 0) is 0 Å². The van der Waals surface area contributed by atoms with Gasteiger partial charge in [-0.15, -0.1) is 0 Å². The van der Waals surface area contributed by atoms with Crippen molar-refractivity contribution in [1.82, 2.24) is 5.48 Å². The molecule has 1 atom stereocenters. The number of hydroxylamine groups is 1. The van der Waals surface area contributed by atoms with E-state index in [9.17, 15) is 4.39 Å². The average molecular weight is 250 g/mol. The standard InChI is InChI=1S/C8H9BrFNO2/c9-7-3-5(10)1-2-6(7)8(4-12)11-13/h1-3,8,11-13H,4H2/t8-/m0/s1. The largest absolute Gasteiger partial charge is 0.394 e. The number of halogens is 2. The topological polar surface area (TPSA) is 52.5 Å². The van der Waals surface area contributed by atoms with E-state index < -0.39 is 6.04 Å². The van der Waals surface area contributed by atoms with Gasteiger partial charge in [-0.3, -0.25) is 0 Å². The molecule has 3 N–H and O–H groups in total. The molecule has 3 nitrogen and oxygen atoms in total. The second-order valence-corrected chi connectivity index (χ2v) is 3.38. The number of aliphatic hydroxyl groups excluding tert-OH is 1. The van der Waals surface area contributed by atoms with E-state index in [-0.39, 0.29) is 12.4 Å². The molecule has 0 heterocycles. The Kier molecular flexibility index (Phi) is 3.80. The molecule has 0 amide bonds. The van der Waals surface area contributed by atoms with Gasteiger partial charge in [0.2, 0.25) is 0 Å². The molecule has 0 spiro atoms. The Hall–Kier alpha value is -0.490. The third-order valence-electron chi connectivity index (χ3n) is 1.68. The maximum atomic E-state index is 12.6. The molecule has 5 heteroatoms. The Labute approximate surface area is 83.3 Å². The Morgan fingerprint density at radius 1 is 1.54 bits per heavy atom. The van der Waals surface area contributed by atoms with E-state index in [4.69, 9.17) is 10.3 Å². The summed E-state index contributed by atoms with van der Waals surface area (Å²) in [5.41, 5.74) is 2.53. The smallest absolute Gasteiger partial charge is 0.124 e. The molecule has 0 aliphatic carbocycles. The Morgan fingerprint density at radius 3 is 2.69 bits per heavy atom. The van der Waals surface area contributed by atoms with Crippen LogP contribution in [0.2, 0.25) is 0 Å². The summed E-state index contributed by atoms with van der Waals surface area (Å²) >= 11 is 3.13. The number of hydrogen-bond donors (Lipinski definition) is 3. The maximum absolute atomic E-state index is 12.6. The Balaban J connectivity index is 2.99. The number of hydrogen-bond acceptors (Lipinski definition) is 3. The van der Waals surface area contributed by atoms with E-state index in [0.717, 1.165) is 0 Å². The summed E-state index contributed by atoms with van der Waals surface area (Å²) in [5, 5.41) is 17.5. The van der Waals surface area contributed by atoms with E-state index in [0.29, 0.717) is 10.0 Å². The predicted octanol–water partition coefficient (Wildman–Crippen LogP) is 1.60. The normalized spacial score (nSPS) is 12.9. The van der Waals surface area contributed by atoms with Crippen LogP contribution < -0.4 is 5.48 Å². The summed E-state index contributed by atoms with van der Waals surface area (Å²) in [4.78, 5) is 0. The summed E-state index contributed by atoms with van der Waals surface area (Å²) in [6, 6.07) is 3.42. The molecule has 1 aromatic rings. The second-order valence-electron chi connectivity index (χ2n) is 2.53. The van der Waals surface area contributed by atoms with Gasteiger partial charge in [-0.1, -0.05) is 22.0 Å².